The lowest BCUT2D eigenvalue weighted by molar-refractivity contribution is 0.226. The standard InChI is InChI=1S/C8H10N2OS/c9-8(6-2-1-3-11-6)7-4-10-5-12-7/h2,4-5,8H,1,3,9H2. The average molecular weight is 182 g/mol. The predicted molar refractivity (Wildman–Crippen MR) is 47.7 cm³/mol. The molecule has 1 aliphatic rings. The van der Waals surface area contributed by atoms with Crippen LogP contribution < -0.4 is 5.73 Å². The summed E-state index contributed by atoms with van der Waals surface area (Å²) in [6.07, 6.45) is 4.81. The number of thiazole rings is 1. The van der Waals surface area contributed by atoms with Gasteiger partial charge in [0.2, 0.25) is 0 Å². The summed E-state index contributed by atoms with van der Waals surface area (Å²) in [6.45, 7) is 0.766. The molecule has 0 aliphatic carbocycles. The maximum Gasteiger partial charge on any atom is 0.114 e. The third-order valence-electron chi connectivity index (χ3n) is 1.80. The smallest absolute Gasteiger partial charge is 0.114 e. The lowest BCUT2D eigenvalue weighted by atomic mass is 10.2. The monoisotopic (exact) mass is 182 g/mol. The topological polar surface area (TPSA) is 48.1 Å². The minimum absolute atomic E-state index is 0.111. The van der Waals surface area contributed by atoms with Gasteiger partial charge in [0.1, 0.15) is 5.76 Å². The zero-order chi connectivity index (χ0) is 8.39. The van der Waals surface area contributed by atoms with Gasteiger partial charge in [0.25, 0.3) is 0 Å². The predicted octanol–water partition coefficient (Wildman–Crippen LogP) is 1.45. The minimum Gasteiger partial charge on any atom is -0.496 e. The number of nitrogens with zero attached hydrogens (tertiary/aromatic N) is 1. The van der Waals surface area contributed by atoms with E-state index in [4.69, 9.17) is 10.5 Å². The number of ether oxygens (including phenoxy) is 1. The Morgan fingerprint density at radius 3 is 3.17 bits per heavy atom. The maximum atomic E-state index is 5.92. The fourth-order valence-electron chi connectivity index (χ4n) is 1.17. The molecule has 0 amide bonds. The zero-order valence-corrected chi connectivity index (χ0v) is 7.38. The van der Waals surface area contributed by atoms with Crippen LogP contribution in [-0.2, 0) is 4.74 Å². The van der Waals surface area contributed by atoms with Gasteiger partial charge in [0.15, 0.2) is 0 Å². The van der Waals surface area contributed by atoms with E-state index in [2.05, 4.69) is 4.98 Å². The van der Waals surface area contributed by atoms with Gasteiger partial charge in [-0.15, -0.1) is 11.3 Å². The Morgan fingerprint density at radius 2 is 2.58 bits per heavy atom. The van der Waals surface area contributed by atoms with Gasteiger partial charge < -0.3 is 10.5 Å². The van der Waals surface area contributed by atoms with Crippen LogP contribution in [0.3, 0.4) is 0 Å². The van der Waals surface area contributed by atoms with Gasteiger partial charge >= 0.3 is 0 Å². The van der Waals surface area contributed by atoms with E-state index >= 15 is 0 Å². The van der Waals surface area contributed by atoms with Gasteiger partial charge in [0, 0.05) is 17.5 Å². The summed E-state index contributed by atoms with van der Waals surface area (Å²) in [5, 5.41) is 0. The highest BCUT2D eigenvalue weighted by molar-refractivity contribution is 7.09. The first-order chi connectivity index (χ1) is 5.88. The van der Waals surface area contributed by atoms with Crippen LogP contribution >= 0.6 is 11.3 Å². The number of hydrogen-bond acceptors (Lipinski definition) is 4. The Labute approximate surface area is 74.9 Å². The molecular formula is C8H10N2OS. The highest BCUT2D eigenvalue weighted by Crippen LogP contribution is 2.25. The van der Waals surface area contributed by atoms with E-state index in [1.807, 2.05) is 6.08 Å². The largest absolute Gasteiger partial charge is 0.496 e. The van der Waals surface area contributed by atoms with Gasteiger partial charge in [0.05, 0.1) is 18.2 Å². The molecule has 2 N–H and O–H groups in total. The van der Waals surface area contributed by atoms with Gasteiger partial charge in [-0.2, -0.15) is 0 Å². The van der Waals surface area contributed by atoms with Crippen LogP contribution in [0.5, 0.6) is 0 Å². The molecule has 3 nitrogen and oxygen atoms in total. The highest BCUT2D eigenvalue weighted by atomic mass is 32.1. The molecule has 1 atom stereocenters. The second-order valence-corrected chi connectivity index (χ2v) is 3.54. The molecule has 4 heteroatoms. The summed E-state index contributed by atoms with van der Waals surface area (Å²) in [4.78, 5) is 5.03. The molecule has 0 spiro atoms. The van der Waals surface area contributed by atoms with Crippen molar-refractivity contribution in [3.8, 4) is 0 Å². The van der Waals surface area contributed by atoms with Crippen molar-refractivity contribution in [2.24, 2.45) is 5.73 Å². The molecule has 1 unspecified atom stereocenters. The maximum absolute atomic E-state index is 5.92. The number of hydrogen-bond donors (Lipinski definition) is 1. The highest BCUT2D eigenvalue weighted by Gasteiger charge is 2.17. The number of aromatic nitrogens is 1. The van der Waals surface area contributed by atoms with Gasteiger partial charge in [-0.3, -0.25) is 4.98 Å². The molecule has 64 valence electrons. The summed E-state index contributed by atoms with van der Waals surface area (Å²) < 4.78 is 5.35. The van der Waals surface area contributed by atoms with E-state index in [0.29, 0.717) is 0 Å². The molecule has 0 saturated heterocycles. The summed E-state index contributed by atoms with van der Waals surface area (Å²) in [5.41, 5.74) is 7.70. The van der Waals surface area contributed by atoms with E-state index < -0.39 is 0 Å². The number of nitrogens with two attached hydrogens (primary N) is 1. The van der Waals surface area contributed by atoms with Gasteiger partial charge in [-0.1, -0.05) is 0 Å². The number of rotatable bonds is 2. The first-order valence-corrected chi connectivity index (χ1v) is 4.72. The van der Waals surface area contributed by atoms with Crippen molar-refractivity contribution in [2.45, 2.75) is 12.5 Å². The van der Waals surface area contributed by atoms with Crippen LogP contribution in [-0.4, -0.2) is 11.6 Å². The van der Waals surface area contributed by atoms with E-state index in [0.717, 1.165) is 23.7 Å². The van der Waals surface area contributed by atoms with Crippen molar-refractivity contribution in [3.63, 3.8) is 0 Å². The van der Waals surface area contributed by atoms with Crippen molar-refractivity contribution in [2.75, 3.05) is 6.61 Å². The second kappa shape index (κ2) is 3.25. The fourth-order valence-corrected chi connectivity index (χ4v) is 1.80. The van der Waals surface area contributed by atoms with Crippen LogP contribution in [0.2, 0.25) is 0 Å². The molecule has 1 aromatic rings. The summed E-state index contributed by atoms with van der Waals surface area (Å²) in [7, 11) is 0. The molecule has 0 bridgehead atoms. The Morgan fingerprint density at radius 1 is 1.67 bits per heavy atom. The molecule has 0 aromatic carbocycles. The van der Waals surface area contributed by atoms with Crippen molar-refractivity contribution >= 4 is 11.3 Å². The molecule has 0 fully saturated rings. The molecule has 2 heterocycles. The Balaban J connectivity index is 2.14. The van der Waals surface area contributed by atoms with E-state index in [1.165, 1.54) is 0 Å². The summed E-state index contributed by atoms with van der Waals surface area (Å²) >= 11 is 1.56. The molecule has 12 heavy (non-hydrogen) atoms. The van der Waals surface area contributed by atoms with Crippen molar-refractivity contribution in [1.29, 1.82) is 0 Å². The molecule has 0 saturated carbocycles. The van der Waals surface area contributed by atoms with Crippen LogP contribution in [0.1, 0.15) is 17.3 Å². The summed E-state index contributed by atoms with van der Waals surface area (Å²) in [6, 6.07) is -0.111. The van der Waals surface area contributed by atoms with E-state index in [1.54, 1.807) is 23.0 Å². The first-order valence-electron chi connectivity index (χ1n) is 3.85. The average Bonchev–Trinajstić information content (AvgIpc) is 2.77. The van der Waals surface area contributed by atoms with Crippen molar-refractivity contribution < 1.29 is 4.74 Å². The van der Waals surface area contributed by atoms with Crippen LogP contribution in [0, 0.1) is 0 Å². The van der Waals surface area contributed by atoms with E-state index in [9.17, 15) is 0 Å². The first kappa shape index (κ1) is 7.76. The SMILES string of the molecule is NC(C1=CCCO1)c1cncs1. The fraction of sp³-hybridized carbons (Fsp3) is 0.375. The zero-order valence-electron chi connectivity index (χ0n) is 6.56. The quantitative estimate of drug-likeness (QED) is 0.753. The molecule has 1 aromatic heterocycles. The Bertz CT molecular complexity index is 281. The lowest BCUT2D eigenvalue weighted by Gasteiger charge is -2.09. The molecule has 0 radical (unpaired) electrons. The van der Waals surface area contributed by atoms with E-state index in [-0.39, 0.29) is 6.04 Å². The van der Waals surface area contributed by atoms with Crippen LogP contribution in [0.4, 0.5) is 0 Å². The third kappa shape index (κ3) is 1.35. The molecule has 2 rings (SSSR count). The van der Waals surface area contributed by atoms with Gasteiger partial charge in [-0.05, 0) is 6.08 Å². The second-order valence-electron chi connectivity index (χ2n) is 2.63. The molecule has 1 aliphatic heterocycles. The third-order valence-corrected chi connectivity index (χ3v) is 2.66. The Hall–Kier alpha value is -0.870. The van der Waals surface area contributed by atoms with Crippen molar-refractivity contribution in [1.82, 2.24) is 4.98 Å². The van der Waals surface area contributed by atoms with Gasteiger partial charge in [-0.25, -0.2) is 0 Å². The van der Waals surface area contributed by atoms with Crippen LogP contribution in [0.25, 0.3) is 0 Å². The van der Waals surface area contributed by atoms with Crippen molar-refractivity contribution in [3.05, 3.63) is 28.4 Å². The summed E-state index contributed by atoms with van der Waals surface area (Å²) in [5.74, 6) is 0.888. The normalized spacial score (nSPS) is 18.6. The Kier molecular flexibility index (Phi) is 2.10. The van der Waals surface area contributed by atoms with Crippen LogP contribution in [0.15, 0.2) is 23.5 Å². The lowest BCUT2D eigenvalue weighted by Crippen LogP contribution is -2.11. The minimum atomic E-state index is -0.111. The molecular weight excluding hydrogens is 172 g/mol.